The van der Waals surface area contributed by atoms with Crippen LogP contribution < -0.4 is 0 Å². The van der Waals surface area contributed by atoms with Crippen LogP contribution in [-0.4, -0.2) is 6.29 Å². The Balaban J connectivity index is 1.83. The number of rotatable bonds is 3. The molecule has 2 aromatic rings. The quantitative estimate of drug-likeness (QED) is 0.648. The lowest BCUT2D eigenvalue weighted by Gasteiger charge is -2.22. The van der Waals surface area contributed by atoms with Gasteiger partial charge in [0.1, 0.15) is 0 Å². The number of carbonyl (C=O) groups is 1. The Labute approximate surface area is 131 Å². The van der Waals surface area contributed by atoms with Crippen molar-refractivity contribution >= 4 is 17.9 Å². The molecule has 108 valence electrons. The molecule has 2 heteroatoms. The Kier molecular flexibility index (Phi) is 4.40. The molecule has 0 bridgehead atoms. The van der Waals surface area contributed by atoms with Crippen LogP contribution in [0.3, 0.4) is 0 Å². The van der Waals surface area contributed by atoms with Gasteiger partial charge in [-0.2, -0.15) is 0 Å². The van der Waals surface area contributed by atoms with Gasteiger partial charge in [-0.15, -0.1) is 0 Å². The molecule has 0 spiro atoms. The molecule has 21 heavy (non-hydrogen) atoms. The summed E-state index contributed by atoms with van der Waals surface area (Å²) >= 11 is 6.10. The molecule has 0 aliphatic heterocycles. The molecule has 0 atom stereocenters. The van der Waals surface area contributed by atoms with Crippen LogP contribution in [0.5, 0.6) is 0 Å². The van der Waals surface area contributed by atoms with Crippen molar-refractivity contribution in [2.75, 3.05) is 0 Å². The first-order chi connectivity index (χ1) is 10.3. The number of halogens is 1. The number of hydrogen-bond donors (Lipinski definition) is 0. The molecular formula is C19H19ClO. The lowest BCUT2D eigenvalue weighted by molar-refractivity contribution is 0.112. The first-order valence-electron chi connectivity index (χ1n) is 7.63. The monoisotopic (exact) mass is 298 g/mol. The molecule has 2 aromatic carbocycles. The summed E-state index contributed by atoms with van der Waals surface area (Å²) in [7, 11) is 0. The Hall–Kier alpha value is -1.60. The molecule has 3 rings (SSSR count). The van der Waals surface area contributed by atoms with Crippen LogP contribution in [0.4, 0.5) is 0 Å². The van der Waals surface area contributed by atoms with Gasteiger partial charge in [-0.1, -0.05) is 61.2 Å². The van der Waals surface area contributed by atoms with Gasteiger partial charge in [0.05, 0.1) is 5.02 Å². The molecule has 1 aliphatic rings. The molecule has 0 N–H and O–H groups in total. The van der Waals surface area contributed by atoms with Gasteiger partial charge >= 0.3 is 0 Å². The maximum Gasteiger partial charge on any atom is 0.151 e. The number of hydrogen-bond acceptors (Lipinski definition) is 1. The molecule has 1 nitrogen and oxygen atoms in total. The van der Waals surface area contributed by atoms with Crippen LogP contribution in [0.2, 0.25) is 5.02 Å². The number of aldehydes is 1. The minimum absolute atomic E-state index is 0.513. The molecule has 0 heterocycles. The summed E-state index contributed by atoms with van der Waals surface area (Å²) in [6.45, 7) is 0. The average Bonchev–Trinajstić information content (AvgIpc) is 2.56. The van der Waals surface area contributed by atoms with Gasteiger partial charge in [-0.3, -0.25) is 4.79 Å². The van der Waals surface area contributed by atoms with Crippen LogP contribution in [0.25, 0.3) is 11.1 Å². The third-order valence-electron chi connectivity index (χ3n) is 4.45. The molecule has 0 radical (unpaired) electrons. The molecule has 1 fully saturated rings. The van der Waals surface area contributed by atoms with Crippen LogP contribution in [0.1, 0.15) is 53.9 Å². The van der Waals surface area contributed by atoms with E-state index >= 15 is 0 Å². The predicted octanol–water partition coefficient (Wildman–Crippen LogP) is 5.87. The third-order valence-corrected chi connectivity index (χ3v) is 4.78. The third kappa shape index (κ3) is 3.19. The summed E-state index contributed by atoms with van der Waals surface area (Å²) in [6, 6.07) is 14.4. The van der Waals surface area contributed by atoms with E-state index in [2.05, 4.69) is 24.3 Å². The second-order valence-electron chi connectivity index (χ2n) is 5.81. The molecular weight excluding hydrogens is 280 g/mol. The summed E-state index contributed by atoms with van der Waals surface area (Å²) in [5.41, 5.74) is 4.20. The van der Waals surface area contributed by atoms with Gasteiger partial charge in [0.2, 0.25) is 0 Å². The van der Waals surface area contributed by atoms with E-state index in [-0.39, 0.29) is 0 Å². The Bertz CT molecular complexity index is 625. The normalized spacial score (nSPS) is 15.9. The molecule has 1 saturated carbocycles. The minimum Gasteiger partial charge on any atom is -0.298 e. The SMILES string of the molecule is O=Cc1ccc(-c2ccc(C3CCCCC3)cc2)cc1Cl. The highest BCUT2D eigenvalue weighted by atomic mass is 35.5. The maximum atomic E-state index is 10.8. The van der Waals surface area contributed by atoms with E-state index in [0.29, 0.717) is 10.6 Å². The maximum absolute atomic E-state index is 10.8. The summed E-state index contributed by atoms with van der Waals surface area (Å²) in [6.07, 6.45) is 7.53. The van der Waals surface area contributed by atoms with Crippen molar-refractivity contribution in [3.05, 3.63) is 58.6 Å². The second kappa shape index (κ2) is 6.44. The van der Waals surface area contributed by atoms with Crippen LogP contribution in [-0.2, 0) is 0 Å². The Morgan fingerprint density at radius 3 is 2.19 bits per heavy atom. The average molecular weight is 299 g/mol. The van der Waals surface area contributed by atoms with Crippen molar-refractivity contribution in [3.63, 3.8) is 0 Å². The minimum atomic E-state index is 0.513. The van der Waals surface area contributed by atoms with Crippen molar-refractivity contribution in [2.45, 2.75) is 38.0 Å². The van der Waals surface area contributed by atoms with E-state index in [1.807, 2.05) is 12.1 Å². The van der Waals surface area contributed by atoms with Gasteiger partial charge in [0.15, 0.2) is 6.29 Å². The van der Waals surface area contributed by atoms with E-state index in [1.165, 1.54) is 37.7 Å². The largest absolute Gasteiger partial charge is 0.298 e. The second-order valence-corrected chi connectivity index (χ2v) is 6.22. The highest BCUT2D eigenvalue weighted by molar-refractivity contribution is 6.33. The molecule has 0 saturated heterocycles. The first kappa shape index (κ1) is 14.3. The van der Waals surface area contributed by atoms with E-state index in [0.717, 1.165) is 23.3 Å². The lowest BCUT2D eigenvalue weighted by atomic mass is 9.84. The predicted molar refractivity (Wildman–Crippen MR) is 88.1 cm³/mol. The number of carbonyl (C=O) groups excluding carboxylic acids is 1. The van der Waals surface area contributed by atoms with E-state index in [1.54, 1.807) is 6.07 Å². The number of benzene rings is 2. The highest BCUT2D eigenvalue weighted by Crippen LogP contribution is 2.34. The smallest absolute Gasteiger partial charge is 0.151 e. The fraction of sp³-hybridized carbons (Fsp3) is 0.316. The van der Waals surface area contributed by atoms with Crippen molar-refractivity contribution in [1.82, 2.24) is 0 Å². The van der Waals surface area contributed by atoms with E-state index in [9.17, 15) is 4.79 Å². The molecule has 0 amide bonds. The summed E-state index contributed by atoms with van der Waals surface area (Å²) in [5, 5.41) is 0.513. The highest BCUT2D eigenvalue weighted by Gasteiger charge is 2.15. The zero-order valence-electron chi connectivity index (χ0n) is 12.0. The molecule has 0 unspecified atom stereocenters. The summed E-state index contributed by atoms with van der Waals surface area (Å²) in [5.74, 6) is 0.730. The van der Waals surface area contributed by atoms with Gasteiger partial charge in [-0.25, -0.2) is 0 Å². The van der Waals surface area contributed by atoms with Crippen LogP contribution >= 0.6 is 11.6 Å². The van der Waals surface area contributed by atoms with E-state index in [4.69, 9.17) is 11.6 Å². The van der Waals surface area contributed by atoms with E-state index < -0.39 is 0 Å². The van der Waals surface area contributed by atoms with Crippen molar-refractivity contribution in [1.29, 1.82) is 0 Å². The summed E-state index contributed by atoms with van der Waals surface area (Å²) < 4.78 is 0. The van der Waals surface area contributed by atoms with Crippen molar-refractivity contribution < 1.29 is 4.79 Å². The first-order valence-corrected chi connectivity index (χ1v) is 8.01. The van der Waals surface area contributed by atoms with Crippen molar-refractivity contribution in [3.8, 4) is 11.1 Å². The lowest BCUT2D eigenvalue weighted by Crippen LogP contribution is -2.04. The Morgan fingerprint density at radius 2 is 1.57 bits per heavy atom. The van der Waals surface area contributed by atoms with Crippen LogP contribution in [0, 0.1) is 0 Å². The Morgan fingerprint density at radius 1 is 0.905 bits per heavy atom. The zero-order valence-corrected chi connectivity index (χ0v) is 12.8. The molecule has 0 aromatic heterocycles. The summed E-state index contributed by atoms with van der Waals surface area (Å²) in [4.78, 5) is 10.8. The fourth-order valence-electron chi connectivity index (χ4n) is 3.19. The topological polar surface area (TPSA) is 17.1 Å². The fourth-order valence-corrected chi connectivity index (χ4v) is 3.41. The molecule has 1 aliphatic carbocycles. The van der Waals surface area contributed by atoms with Gasteiger partial charge in [0.25, 0.3) is 0 Å². The zero-order chi connectivity index (χ0) is 14.7. The van der Waals surface area contributed by atoms with Crippen molar-refractivity contribution in [2.24, 2.45) is 0 Å². The van der Waals surface area contributed by atoms with Gasteiger partial charge in [0, 0.05) is 5.56 Å². The van der Waals surface area contributed by atoms with Gasteiger partial charge < -0.3 is 0 Å². The van der Waals surface area contributed by atoms with Gasteiger partial charge in [-0.05, 0) is 47.6 Å². The standard InChI is InChI=1S/C19H19ClO/c20-19-12-17(10-11-18(19)13-21)16-8-6-15(7-9-16)14-4-2-1-3-5-14/h6-14H,1-5H2. The van der Waals surface area contributed by atoms with Crippen LogP contribution in [0.15, 0.2) is 42.5 Å².